The van der Waals surface area contributed by atoms with E-state index in [1.54, 1.807) is 13.0 Å². The molecule has 4 N–H and O–H groups in total. The molecule has 0 aliphatic carbocycles. The third kappa shape index (κ3) is 24.6. The number of carbonyl (C=O) groups is 1. The second-order valence-corrected chi connectivity index (χ2v) is 12.0. The van der Waals surface area contributed by atoms with Crippen LogP contribution in [0.15, 0.2) is 24.3 Å². The minimum atomic E-state index is -0.758. The van der Waals surface area contributed by atoms with Gasteiger partial charge < -0.3 is 20.4 Å². The Morgan fingerprint density at radius 1 is 0.600 bits per heavy atom. The highest BCUT2D eigenvalue weighted by atomic mass is 16.4. The van der Waals surface area contributed by atoms with Gasteiger partial charge in [0.2, 0.25) is 0 Å². The summed E-state index contributed by atoms with van der Waals surface area (Å²) >= 11 is 0. The fourth-order valence-corrected chi connectivity index (χ4v) is 5.62. The quantitative estimate of drug-likeness (QED) is 0.0513. The van der Waals surface area contributed by atoms with Gasteiger partial charge in [0.15, 0.2) is 0 Å². The molecule has 236 valence electrons. The Balaban J connectivity index is 3.83. The lowest BCUT2D eigenvalue weighted by Crippen LogP contribution is -2.36. The molecule has 0 aromatic rings. The van der Waals surface area contributed by atoms with Crippen LogP contribution in [-0.4, -0.2) is 45.2 Å². The van der Waals surface area contributed by atoms with E-state index in [-0.39, 0.29) is 24.9 Å². The van der Waals surface area contributed by atoms with Crippen LogP contribution in [0.3, 0.4) is 0 Å². The van der Waals surface area contributed by atoms with E-state index < -0.39 is 18.2 Å². The van der Waals surface area contributed by atoms with Gasteiger partial charge in [-0.3, -0.25) is 4.79 Å². The first-order valence-electron chi connectivity index (χ1n) is 16.9. The van der Waals surface area contributed by atoms with Crippen molar-refractivity contribution in [2.45, 2.75) is 174 Å². The van der Waals surface area contributed by atoms with Gasteiger partial charge in [-0.05, 0) is 57.8 Å². The molecule has 0 amide bonds. The molecule has 40 heavy (non-hydrogen) atoms. The predicted molar refractivity (Wildman–Crippen MR) is 170 cm³/mol. The molecule has 0 aliphatic heterocycles. The third-order valence-corrected chi connectivity index (χ3v) is 8.25. The van der Waals surface area contributed by atoms with Crippen molar-refractivity contribution in [2.24, 2.45) is 11.8 Å². The molecule has 0 rings (SSSR count). The van der Waals surface area contributed by atoms with Crippen LogP contribution >= 0.6 is 0 Å². The van der Waals surface area contributed by atoms with E-state index in [2.05, 4.69) is 19.1 Å². The summed E-state index contributed by atoms with van der Waals surface area (Å²) in [5, 5.41) is 39.5. The Morgan fingerprint density at radius 3 is 1.52 bits per heavy atom. The number of carboxylic acids is 1. The van der Waals surface area contributed by atoms with Crippen LogP contribution in [0, 0.1) is 11.8 Å². The lowest BCUT2D eigenvalue weighted by Gasteiger charge is -2.32. The van der Waals surface area contributed by atoms with Gasteiger partial charge in [0.1, 0.15) is 0 Å². The van der Waals surface area contributed by atoms with E-state index in [0.29, 0.717) is 0 Å². The maximum Gasteiger partial charge on any atom is 0.307 e. The Hall–Kier alpha value is -1.17. The molecule has 0 aliphatic rings. The van der Waals surface area contributed by atoms with Crippen molar-refractivity contribution >= 4 is 5.97 Å². The second kappa shape index (κ2) is 29.3. The molecule has 0 bridgehead atoms. The third-order valence-electron chi connectivity index (χ3n) is 8.25. The smallest absolute Gasteiger partial charge is 0.307 e. The number of aliphatic carboxylic acids is 1. The molecular weight excluding hydrogens is 500 g/mol. The molecule has 5 nitrogen and oxygen atoms in total. The van der Waals surface area contributed by atoms with E-state index in [4.69, 9.17) is 5.11 Å². The number of carboxylic acid groups (broad SMARTS) is 1. The summed E-state index contributed by atoms with van der Waals surface area (Å²) in [5.41, 5.74) is 0. The summed E-state index contributed by atoms with van der Waals surface area (Å²) in [4.78, 5) is 10.4. The number of unbranched alkanes of at least 4 members (excludes halogenated alkanes) is 17. The van der Waals surface area contributed by atoms with Gasteiger partial charge in [-0.15, -0.1) is 0 Å². The van der Waals surface area contributed by atoms with E-state index in [1.165, 1.54) is 83.5 Å². The number of allylic oxidation sites excluding steroid dienone is 3. The Kier molecular flexibility index (Phi) is 28.5. The number of rotatable bonds is 30. The van der Waals surface area contributed by atoms with E-state index in [0.717, 1.165) is 57.8 Å². The van der Waals surface area contributed by atoms with Crippen LogP contribution in [-0.2, 0) is 4.79 Å². The number of aliphatic hydroxyl groups excluding tert-OH is 3. The molecule has 0 heterocycles. The van der Waals surface area contributed by atoms with Crippen LogP contribution in [0.5, 0.6) is 0 Å². The molecular formula is C35H66O5. The van der Waals surface area contributed by atoms with Gasteiger partial charge in [-0.1, -0.05) is 128 Å². The first kappa shape index (κ1) is 38.8. The van der Waals surface area contributed by atoms with Crippen molar-refractivity contribution in [3.05, 3.63) is 24.3 Å². The number of aliphatic hydroxyl groups is 3. The molecule has 0 saturated carbocycles. The molecule has 0 spiro atoms. The monoisotopic (exact) mass is 566 g/mol. The lowest BCUT2D eigenvalue weighted by atomic mass is 9.79. The molecule has 5 heteroatoms. The van der Waals surface area contributed by atoms with Gasteiger partial charge in [-0.25, -0.2) is 0 Å². The molecule has 0 fully saturated rings. The average molecular weight is 567 g/mol. The highest BCUT2D eigenvalue weighted by Crippen LogP contribution is 2.28. The number of hydrogen-bond donors (Lipinski definition) is 4. The molecule has 0 radical (unpaired) electrons. The minimum Gasteiger partial charge on any atom is -0.481 e. The first-order valence-corrected chi connectivity index (χ1v) is 16.9. The topological polar surface area (TPSA) is 98.0 Å². The summed E-state index contributed by atoms with van der Waals surface area (Å²) in [7, 11) is 0. The predicted octanol–water partition coefficient (Wildman–Crippen LogP) is 9.14. The molecule has 4 unspecified atom stereocenters. The SMILES string of the molecule is CCCCC=CCCCC(O)C(CCCCCCCCCCCCCCCCC=CCC(=O)O)C(CO)C(C)O. The molecule has 0 saturated heterocycles. The van der Waals surface area contributed by atoms with E-state index in [1.807, 2.05) is 6.08 Å². The largest absolute Gasteiger partial charge is 0.481 e. The standard InChI is InChI=1S/C35H66O5/c1-3-4-5-6-18-22-25-28-34(38)32(33(30-36)31(2)37)27-24-21-19-16-14-12-10-8-7-9-11-13-15-17-20-23-26-29-35(39)40/h6,18,23,26,31-34,36-38H,3-5,7-17,19-22,24-25,27-30H2,1-2H3,(H,39,40). The second-order valence-electron chi connectivity index (χ2n) is 12.0. The fraction of sp³-hybridized carbons (Fsp3) is 0.857. The van der Waals surface area contributed by atoms with Crippen molar-refractivity contribution in [1.82, 2.24) is 0 Å². The van der Waals surface area contributed by atoms with E-state index >= 15 is 0 Å². The summed E-state index contributed by atoms with van der Waals surface area (Å²) in [5.74, 6) is -1.04. The number of hydrogen-bond acceptors (Lipinski definition) is 4. The van der Waals surface area contributed by atoms with Crippen LogP contribution in [0.4, 0.5) is 0 Å². The first-order chi connectivity index (χ1) is 19.4. The fourth-order valence-electron chi connectivity index (χ4n) is 5.62. The molecule has 0 aromatic heterocycles. The van der Waals surface area contributed by atoms with Crippen molar-refractivity contribution < 1.29 is 25.2 Å². The zero-order valence-electron chi connectivity index (χ0n) is 26.3. The summed E-state index contributed by atoms with van der Waals surface area (Å²) in [6.07, 6.45) is 33.2. The Morgan fingerprint density at radius 2 is 1.05 bits per heavy atom. The van der Waals surface area contributed by atoms with Crippen molar-refractivity contribution in [3.8, 4) is 0 Å². The zero-order chi connectivity index (χ0) is 29.7. The summed E-state index contributed by atoms with van der Waals surface area (Å²) in [6.45, 7) is 3.88. The normalized spacial score (nSPS) is 15.1. The van der Waals surface area contributed by atoms with Crippen molar-refractivity contribution in [2.75, 3.05) is 6.61 Å². The van der Waals surface area contributed by atoms with E-state index in [9.17, 15) is 20.1 Å². The van der Waals surface area contributed by atoms with Crippen molar-refractivity contribution in [3.63, 3.8) is 0 Å². The lowest BCUT2D eigenvalue weighted by molar-refractivity contribution is -0.136. The van der Waals surface area contributed by atoms with Crippen LogP contribution in [0.1, 0.15) is 162 Å². The highest BCUT2D eigenvalue weighted by molar-refractivity contribution is 5.68. The van der Waals surface area contributed by atoms with Gasteiger partial charge in [0, 0.05) is 12.5 Å². The zero-order valence-corrected chi connectivity index (χ0v) is 26.3. The van der Waals surface area contributed by atoms with Gasteiger partial charge in [0.25, 0.3) is 0 Å². The minimum absolute atomic E-state index is 0.0327. The summed E-state index contributed by atoms with van der Waals surface area (Å²) in [6, 6.07) is 0. The summed E-state index contributed by atoms with van der Waals surface area (Å²) < 4.78 is 0. The van der Waals surface area contributed by atoms with Gasteiger partial charge >= 0.3 is 5.97 Å². The Bertz CT molecular complexity index is 601. The maximum absolute atomic E-state index is 10.9. The molecule has 0 aromatic carbocycles. The van der Waals surface area contributed by atoms with Gasteiger partial charge in [-0.2, -0.15) is 0 Å². The van der Waals surface area contributed by atoms with Crippen molar-refractivity contribution in [1.29, 1.82) is 0 Å². The highest BCUT2D eigenvalue weighted by Gasteiger charge is 2.30. The van der Waals surface area contributed by atoms with Crippen LogP contribution in [0.2, 0.25) is 0 Å². The van der Waals surface area contributed by atoms with Crippen LogP contribution in [0.25, 0.3) is 0 Å². The maximum atomic E-state index is 10.9. The molecule has 4 atom stereocenters. The Labute approximate surface area is 247 Å². The average Bonchev–Trinajstić information content (AvgIpc) is 2.92. The van der Waals surface area contributed by atoms with Gasteiger partial charge in [0.05, 0.1) is 18.6 Å². The van der Waals surface area contributed by atoms with Crippen LogP contribution < -0.4 is 0 Å².